The standard InChI is InChI=1S/C24H27NO7/c1-11-7-15(14-4-3-13-5-6-25-24(31)16(13)9-14)8-12(2)18(11)20(28)23-22(30)21(29)19(27)17(10-26)32-23/h3-9,17,19-23,26-30H,10H2,1-2H3,(H,25,31)/t17-,19-,20-,21+,22+,23-/m1/s1. The van der Waals surface area contributed by atoms with Crippen molar-refractivity contribution in [3.05, 3.63) is 69.6 Å². The zero-order valence-corrected chi connectivity index (χ0v) is 17.8. The van der Waals surface area contributed by atoms with Gasteiger partial charge in [-0.15, -0.1) is 0 Å². The number of aromatic nitrogens is 1. The molecular formula is C24H27NO7. The molecule has 0 aliphatic carbocycles. The fraction of sp³-hybridized carbons (Fsp3) is 0.375. The second kappa shape index (κ2) is 8.74. The molecule has 0 bridgehead atoms. The number of aliphatic hydroxyl groups is 5. The van der Waals surface area contributed by atoms with Gasteiger partial charge >= 0.3 is 0 Å². The summed E-state index contributed by atoms with van der Waals surface area (Å²) < 4.78 is 5.53. The summed E-state index contributed by atoms with van der Waals surface area (Å²) in [6.07, 6.45) is -6.59. The molecule has 4 rings (SSSR count). The van der Waals surface area contributed by atoms with E-state index in [2.05, 4.69) is 4.98 Å². The number of hydrogen-bond acceptors (Lipinski definition) is 7. The lowest BCUT2D eigenvalue weighted by Crippen LogP contribution is -2.60. The van der Waals surface area contributed by atoms with Crippen LogP contribution in [0.5, 0.6) is 0 Å². The van der Waals surface area contributed by atoms with Gasteiger partial charge in [-0.3, -0.25) is 4.79 Å². The van der Waals surface area contributed by atoms with E-state index in [4.69, 9.17) is 4.74 Å². The van der Waals surface area contributed by atoms with E-state index < -0.39 is 43.2 Å². The summed E-state index contributed by atoms with van der Waals surface area (Å²) in [6.45, 7) is 3.06. The zero-order chi connectivity index (χ0) is 23.2. The van der Waals surface area contributed by atoms with Crippen molar-refractivity contribution in [3.8, 4) is 11.1 Å². The molecule has 1 fully saturated rings. The van der Waals surface area contributed by atoms with Crippen molar-refractivity contribution in [3.63, 3.8) is 0 Å². The third kappa shape index (κ3) is 3.86. The van der Waals surface area contributed by atoms with Crippen molar-refractivity contribution in [1.82, 2.24) is 4.98 Å². The molecule has 8 heteroatoms. The highest BCUT2D eigenvalue weighted by Gasteiger charge is 2.46. The Morgan fingerprint density at radius 3 is 2.31 bits per heavy atom. The second-order valence-electron chi connectivity index (χ2n) is 8.37. The summed E-state index contributed by atoms with van der Waals surface area (Å²) in [4.78, 5) is 14.8. The lowest BCUT2D eigenvalue weighted by Gasteiger charge is -2.42. The van der Waals surface area contributed by atoms with Crippen LogP contribution in [0.3, 0.4) is 0 Å². The smallest absolute Gasteiger partial charge is 0.255 e. The van der Waals surface area contributed by atoms with Gasteiger partial charge in [-0.25, -0.2) is 0 Å². The average molecular weight is 441 g/mol. The molecule has 0 unspecified atom stereocenters. The van der Waals surface area contributed by atoms with E-state index in [9.17, 15) is 30.3 Å². The van der Waals surface area contributed by atoms with Crippen LogP contribution in [-0.2, 0) is 4.74 Å². The number of ether oxygens (including phenoxy) is 1. The summed E-state index contributed by atoms with van der Waals surface area (Å²) in [6, 6.07) is 11.2. The maximum absolute atomic E-state index is 12.2. The first-order chi connectivity index (χ1) is 15.2. The number of rotatable bonds is 4. The van der Waals surface area contributed by atoms with Crippen molar-refractivity contribution in [2.24, 2.45) is 0 Å². The monoisotopic (exact) mass is 441 g/mol. The van der Waals surface area contributed by atoms with Gasteiger partial charge in [0.25, 0.3) is 5.56 Å². The Hall–Kier alpha value is -2.59. The Morgan fingerprint density at radius 2 is 1.66 bits per heavy atom. The maximum atomic E-state index is 12.2. The number of H-pyrrole nitrogens is 1. The topological polar surface area (TPSA) is 143 Å². The highest BCUT2D eigenvalue weighted by atomic mass is 16.6. The summed E-state index contributed by atoms with van der Waals surface area (Å²) in [5, 5.41) is 52.3. The third-order valence-electron chi connectivity index (χ3n) is 6.24. The van der Waals surface area contributed by atoms with Gasteiger partial charge in [0.2, 0.25) is 0 Å². The fourth-order valence-corrected chi connectivity index (χ4v) is 4.53. The largest absolute Gasteiger partial charge is 0.394 e. The SMILES string of the molecule is Cc1cc(-c2ccc3cc[nH]c(=O)c3c2)cc(C)c1[C@@H](O)[C@H]1O[C@H](CO)[C@@H](O)[C@H](O)[C@@H]1O. The summed E-state index contributed by atoms with van der Waals surface area (Å²) in [7, 11) is 0. The molecule has 2 heterocycles. The van der Waals surface area contributed by atoms with Crippen LogP contribution in [0.4, 0.5) is 0 Å². The van der Waals surface area contributed by atoms with Crippen molar-refractivity contribution in [2.75, 3.05) is 6.61 Å². The first-order valence-corrected chi connectivity index (χ1v) is 10.4. The van der Waals surface area contributed by atoms with Gasteiger partial charge in [0.1, 0.15) is 36.6 Å². The quantitative estimate of drug-likeness (QED) is 0.350. The van der Waals surface area contributed by atoms with Crippen LogP contribution in [0.15, 0.2) is 47.4 Å². The van der Waals surface area contributed by atoms with Crippen molar-refractivity contribution in [1.29, 1.82) is 0 Å². The van der Waals surface area contributed by atoms with Crippen molar-refractivity contribution < 1.29 is 30.3 Å². The maximum Gasteiger partial charge on any atom is 0.255 e. The van der Waals surface area contributed by atoms with Crippen molar-refractivity contribution >= 4 is 10.8 Å². The highest BCUT2D eigenvalue weighted by molar-refractivity contribution is 5.86. The van der Waals surface area contributed by atoms with Gasteiger partial charge in [0.05, 0.1) is 6.61 Å². The molecular weight excluding hydrogens is 414 g/mol. The van der Waals surface area contributed by atoms with E-state index >= 15 is 0 Å². The number of fused-ring (bicyclic) bond motifs is 1. The molecule has 32 heavy (non-hydrogen) atoms. The van der Waals surface area contributed by atoms with E-state index in [0.717, 1.165) is 27.6 Å². The molecule has 6 N–H and O–H groups in total. The number of benzene rings is 2. The summed E-state index contributed by atoms with van der Waals surface area (Å²) in [5.74, 6) is 0. The van der Waals surface area contributed by atoms with E-state index in [1.54, 1.807) is 6.20 Å². The van der Waals surface area contributed by atoms with Gasteiger partial charge in [-0.2, -0.15) is 0 Å². The Kier molecular flexibility index (Phi) is 6.17. The third-order valence-corrected chi connectivity index (χ3v) is 6.24. The second-order valence-corrected chi connectivity index (χ2v) is 8.37. The minimum absolute atomic E-state index is 0.174. The lowest BCUT2D eigenvalue weighted by atomic mass is 9.85. The fourth-order valence-electron chi connectivity index (χ4n) is 4.53. The summed E-state index contributed by atoms with van der Waals surface area (Å²) in [5.41, 5.74) is 3.51. The number of hydrogen-bond donors (Lipinski definition) is 6. The molecule has 8 nitrogen and oxygen atoms in total. The van der Waals surface area contributed by atoms with Crippen LogP contribution in [0.25, 0.3) is 21.9 Å². The first kappa shape index (κ1) is 22.6. The molecule has 1 saturated heterocycles. The Morgan fingerprint density at radius 1 is 0.969 bits per heavy atom. The number of aromatic amines is 1. The minimum Gasteiger partial charge on any atom is -0.394 e. The highest BCUT2D eigenvalue weighted by Crippen LogP contribution is 2.35. The predicted octanol–water partition coefficient (Wildman–Crippen LogP) is 0.688. The molecule has 0 amide bonds. The number of aryl methyl sites for hydroxylation is 2. The van der Waals surface area contributed by atoms with Crippen LogP contribution < -0.4 is 5.56 Å². The lowest BCUT2D eigenvalue weighted by molar-refractivity contribution is -0.250. The molecule has 1 aliphatic heterocycles. The van der Waals surface area contributed by atoms with Crippen LogP contribution in [0.2, 0.25) is 0 Å². The van der Waals surface area contributed by atoms with Crippen molar-refractivity contribution in [2.45, 2.75) is 50.5 Å². The van der Waals surface area contributed by atoms with Gasteiger partial charge in [-0.1, -0.05) is 24.3 Å². The molecule has 1 aromatic heterocycles. The number of pyridine rings is 1. The molecule has 170 valence electrons. The van der Waals surface area contributed by atoms with Gasteiger partial charge in [0.15, 0.2) is 0 Å². The molecule has 0 radical (unpaired) electrons. The van der Waals surface area contributed by atoms with E-state index in [0.29, 0.717) is 10.9 Å². The molecule has 0 spiro atoms. The minimum atomic E-state index is -1.56. The molecule has 0 saturated carbocycles. The summed E-state index contributed by atoms with van der Waals surface area (Å²) >= 11 is 0. The molecule has 6 atom stereocenters. The van der Waals surface area contributed by atoms with Crippen LogP contribution >= 0.6 is 0 Å². The van der Waals surface area contributed by atoms with Gasteiger partial charge < -0.3 is 35.3 Å². The average Bonchev–Trinajstić information content (AvgIpc) is 2.77. The van der Waals surface area contributed by atoms with Gasteiger partial charge in [-0.05, 0) is 59.2 Å². The zero-order valence-electron chi connectivity index (χ0n) is 17.8. The number of nitrogens with one attached hydrogen (secondary N) is 1. The van der Waals surface area contributed by atoms with Crippen LogP contribution in [0.1, 0.15) is 22.8 Å². The first-order valence-electron chi connectivity index (χ1n) is 10.4. The Labute approximate surface area is 184 Å². The molecule has 1 aliphatic rings. The number of aliphatic hydroxyl groups excluding tert-OH is 5. The van der Waals surface area contributed by atoms with E-state index in [1.807, 2.05) is 50.2 Å². The van der Waals surface area contributed by atoms with Gasteiger partial charge in [0, 0.05) is 11.6 Å². The van der Waals surface area contributed by atoms with E-state index in [1.165, 1.54) is 0 Å². The van der Waals surface area contributed by atoms with Crippen LogP contribution in [0, 0.1) is 13.8 Å². The molecule has 2 aromatic carbocycles. The Bertz CT molecular complexity index is 1170. The predicted molar refractivity (Wildman–Crippen MR) is 118 cm³/mol. The van der Waals surface area contributed by atoms with Crippen LogP contribution in [-0.4, -0.2) is 67.6 Å². The normalized spacial score (nSPS) is 26.9. The molecule has 3 aromatic rings. The van der Waals surface area contributed by atoms with E-state index in [-0.39, 0.29) is 5.56 Å². The Balaban J connectivity index is 1.70.